The Kier molecular flexibility index (Phi) is 3.32. The highest BCUT2D eigenvalue weighted by Crippen LogP contribution is 2.34. The first kappa shape index (κ1) is 13.9. The SMILES string of the molecule is N#CC1(NC(=O)[C@@H](N)Cc2nc3ccc(Cl)cc3o2)CC1. The van der Waals surface area contributed by atoms with Crippen molar-refractivity contribution < 1.29 is 9.21 Å². The largest absolute Gasteiger partial charge is 0.441 e. The maximum atomic E-state index is 12.0. The third-order valence-corrected chi connectivity index (χ3v) is 3.69. The van der Waals surface area contributed by atoms with Gasteiger partial charge >= 0.3 is 0 Å². The highest BCUT2D eigenvalue weighted by Gasteiger charge is 2.45. The Balaban J connectivity index is 1.69. The molecule has 1 atom stereocenters. The van der Waals surface area contributed by atoms with E-state index in [2.05, 4.69) is 16.4 Å². The third kappa shape index (κ3) is 2.84. The number of fused-ring (bicyclic) bond motifs is 1. The van der Waals surface area contributed by atoms with E-state index in [0.717, 1.165) is 0 Å². The average Bonchev–Trinajstić information content (AvgIpc) is 3.11. The first-order valence-electron chi connectivity index (χ1n) is 6.55. The molecule has 0 bridgehead atoms. The van der Waals surface area contributed by atoms with Crippen LogP contribution >= 0.6 is 11.6 Å². The number of nitriles is 1. The number of halogens is 1. The van der Waals surface area contributed by atoms with Crippen LogP contribution in [0.1, 0.15) is 18.7 Å². The third-order valence-electron chi connectivity index (χ3n) is 3.45. The number of carbonyl (C=O) groups excluding carboxylic acids is 1. The van der Waals surface area contributed by atoms with Gasteiger partial charge in [-0.05, 0) is 25.0 Å². The Morgan fingerprint density at radius 1 is 1.62 bits per heavy atom. The van der Waals surface area contributed by atoms with Gasteiger partial charge in [0.15, 0.2) is 11.5 Å². The summed E-state index contributed by atoms with van der Waals surface area (Å²) in [5, 5.41) is 12.2. The molecule has 6 nitrogen and oxygen atoms in total. The molecule has 3 rings (SSSR count). The molecule has 1 fully saturated rings. The van der Waals surface area contributed by atoms with Crippen LogP contribution in [0.4, 0.5) is 0 Å². The van der Waals surface area contributed by atoms with Crippen LogP contribution in [0.15, 0.2) is 22.6 Å². The number of nitrogens with one attached hydrogen (secondary N) is 1. The van der Waals surface area contributed by atoms with Crippen LogP contribution in [0.25, 0.3) is 11.1 Å². The minimum absolute atomic E-state index is 0.166. The normalized spacial score (nSPS) is 17.2. The maximum absolute atomic E-state index is 12.0. The number of nitrogens with zero attached hydrogens (tertiary/aromatic N) is 2. The summed E-state index contributed by atoms with van der Waals surface area (Å²) in [6, 6.07) is 6.40. The molecule has 1 aromatic carbocycles. The summed E-state index contributed by atoms with van der Waals surface area (Å²) in [7, 11) is 0. The fraction of sp³-hybridized carbons (Fsp3) is 0.357. The molecular formula is C14H13ClN4O2. The molecule has 0 spiro atoms. The predicted molar refractivity (Wildman–Crippen MR) is 76.4 cm³/mol. The van der Waals surface area contributed by atoms with Crippen molar-refractivity contribution in [2.24, 2.45) is 5.73 Å². The number of hydrogen-bond donors (Lipinski definition) is 2. The van der Waals surface area contributed by atoms with Gasteiger partial charge in [0.1, 0.15) is 11.1 Å². The van der Waals surface area contributed by atoms with Gasteiger partial charge < -0.3 is 15.5 Å². The van der Waals surface area contributed by atoms with Crippen LogP contribution in [0, 0.1) is 11.3 Å². The van der Waals surface area contributed by atoms with Crippen molar-refractivity contribution in [1.29, 1.82) is 5.26 Å². The van der Waals surface area contributed by atoms with Crippen LogP contribution < -0.4 is 11.1 Å². The quantitative estimate of drug-likeness (QED) is 0.891. The molecule has 1 heterocycles. The fourth-order valence-electron chi connectivity index (χ4n) is 2.03. The van der Waals surface area contributed by atoms with E-state index in [4.69, 9.17) is 27.0 Å². The molecule has 0 radical (unpaired) electrons. The van der Waals surface area contributed by atoms with Crippen molar-refractivity contribution in [2.75, 3.05) is 0 Å². The molecule has 7 heteroatoms. The Bertz CT molecular complexity index is 745. The zero-order chi connectivity index (χ0) is 15.0. The predicted octanol–water partition coefficient (Wildman–Crippen LogP) is 1.52. The summed E-state index contributed by atoms with van der Waals surface area (Å²) in [6.07, 6.45) is 1.51. The van der Waals surface area contributed by atoms with Crippen LogP contribution in [0.3, 0.4) is 0 Å². The van der Waals surface area contributed by atoms with Crippen LogP contribution in [-0.4, -0.2) is 22.5 Å². The monoisotopic (exact) mass is 304 g/mol. The standard InChI is InChI=1S/C14H13ClN4O2/c15-8-1-2-10-11(5-8)21-12(18-10)6-9(17)13(20)19-14(7-16)3-4-14/h1-2,5,9H,3-4,6,17H2,(H,19,20)/t9-/m0/s1. The van der Waals surface area contributed by atoms with E-state index >= 15 is 0 Å². The lowest BCUT2D eigenvalue weighted by atomic mass is 10.2. The Morgan fingerprint density at radius 2 is 2.38 bits per heavy atom. The van der Waals surface area contributed by atoms with Gasteiger partial charge in [-0.1, -0.05) is 11.6 Å². The molecule has 1 amide bonds. The lowest BCUT2D eigenvalue weighted by Crippen LogP contribution is -2.47. The number of aromatic nitrogens is 1. The summed E-state index contributed by atoms with van der Waals surface area (Å²) in [5.41, 5.74) is 6.35. The van der Waals surface area contributed by atoms with Crippen LogP contribution in [-0.2, 0) is 11.2 Å². The van der Waals surface area contributed by atoms with E-state index < -0.39 is 11.6 Å². The van der Waals surface area contributed by atoms with Gasteiger partial charge in [0.05, 0.1) is 12.1 Å². The number of hydrogen-bond acceptors (Lipinski definition) is 5. The summed E-state index contributed by atoms with van der Waals surface area (Å²) in [6.45, 7) is 0. The molecular weight excluding hydrogens is 292 g/mol. The van der Waals surface area contributed by atoms with Crippen molar-refractivity contribution in [3.8, 4) is 6.07 Å². The molecule has 1 aromatic heterocycles. The van der Waals surface area contributed by atoms with E-state index in [1.165, 1.54) is 0 Å². The van der Waals surface area contributed by atoms with E-state index in [1.807, 2.05) is 0 Å². The summed E-state index contributed by atoms with van der Waals surface area (Å²) in [4.78, 5) is 16.2. The molecule has 0 aliphatic heterocycles. The number of nitrogens with two attached hydrogens (primary N) is 1. The maximum Gasteiger partial charge on any atom is 0.238 e. The highest BCUT2D eigenvalue weighted by molar-refractivity contribution is 6.31. The fourth-order valence-corrected chi connectivity index (χ4v) is 2.19. The zero-order valence-electron chi connectivity index (χ0n) is 11.1. The minimum Gasteiger partial charge on any atom is -0.441 e. The lowest BCUT2D eigenvalue weighted by molar-refractivity contribution is -0.123. The lowest BCUT2D eigenvalue weighted by Gasteiger charge is -2.13. The van der Waals surface area contributed by atoms with Gasteiger partial charge in [-0.3, -0.25) is 4.79 Å². The number of oxazole rings is 1. The highest BCUT2D eigenvalue weighted by atomic mass is 35.5. The smallest absolute Gasteiger partial charge is 0.238 e. The first-order valence-corrected chi connectivity index (χ1v) is 6.93. The van der Waals surface area contributed by atoms with Gasteiger partial charge in [-0.2, -0.15) is 5.26 Å². The van der Waals surface area contributed by atoms with Crippen molar-refractivity contribution in [1.82, 2.24) is 10.3 Å². The van der Waals surface area contributed by atoms with E-state index in [-0.39, 0.29) is 12.3 Å². The van der Waals surface area contributed by atoms with Gasteiger partial charge in [-0.25, -0.2) is 4.98 Å². The van der Waals surface area contributed by atoms with Crippen molar-refractivity contribution >= 4 is 28.6 Å². The van der Waals surface area contributed by atoms with E-state index in [9.17, 15) is 4.79 Å². The molecule has 1 aliphatic carbocycles. The van der Waals surface area contributed by atoms with Crippen molar-refractivity contribution in [2.45, 2.75) is 30.8 Å². The van der Waals surface area contributed by atoms with Crippen molar-refractivity contribution in [3.05, 3.63) is 29.1 Å². The Labute approximate surface area is 125 Å². The summed E-state index contributed by atoms with van der Waals surface area (Å²) < 4.78 is 5.52. The second-order valence-electron chi connectivity index (χ2n) is 5.21. The molecule has 3 N–H and O–H groups in total. The summed E-state index contributed by atoms with van der Waals surface area (Å²) in [5.74, 6) is 0.00561. The second kappa shape index (κ2) is 5.02. The van der Waals surface area contributed by atoms with Gasteiger partial charge in [0, 0.05) is 17.5 Å². The number of rotatable bonds is 4. The molecule has 1 saturated carbocycles. The van der Waals surface area contributed by atoms with Gasteiger partial charge in [-0.15, -0.1) is 0 Å². The average molecular weight is 305 g/mol. The second-order valence-corrected chi connectivity index (χ2v) is 5.65. The summed E-state index contributed by atoms with van der Waals surface area (Å²) >= 11 is 5.87. The number of benzene rings is 1. The van der Waals surface area contributed by atoms with E-state index in [1.54, 1.807) is 18.2 Å². The molecule has 21 heavy (non-hydrogen) atoms. The van der Waals surface area contributed by atoms with Gasteiger partial charge in [0.2, 0.25) is 5.91 Å². The molecule has 0 saturated heterocycles. The number of amides is 1. The molecule has 1 aliphatic rings. The zero-order valence-corrected chi connectivity index (χ0v) is 11.9. The minimum atomic E-state index is -0.806. The van der Waals surface area contributed by atoms with Crippen molar-refractivity contribution in [3.63, 3.8) is 0 Å². The molecule has 108 valence electrons. The number of carbonyl (C=O) groups is 1. The topological polar surface area (TPSA) is 105 Å². The van der Waals surface area contributed by atoms with Gasteiger partial charge in [0.25, 0.3) is 0 Å². The molecule has 2 aromatic rings. The van der Waals surface area contributed by atoms with Crippen LogP contribution in [0.5, 0.6) is 0 Å². The first-order chi connectivity index (χ1) is 10.0. The molecule has 0 unspecified atom stereocenters. The van der Waals surface area contributed by atoms with E-state index in [0.29, 0.717) is 34.9 Å². The Hall–Kier alpha value is -2.10. The van der Waals surface area contributed by atoms with Crippen LogP contribution in [0.2, 0.25) is 5.02 Å². The Morgan fingerprint density at radius 3 is 3.05 bits per heavy atom.